The van der Waals surface area contributed by atoms with Crippen LogP contribution >= 0.6 is 0 Å². The minimum absolute atomic E-state index is 0.0360. The smallest absolute Gasteiger partial charge is 0.231 e. The van der Waals surface area contributed by atoms with E-state index in [4.69, 9.17) is 4.42 Å². The van der Waals surface area contributed by atoms with E-state index in [1.807, 2.05) is 19.0 Å². The normalized spacial score (nSPS) is 13.8. The molecule has 27 heavy (non-hydrogen) atoms. The Morgan fingerprint density at radius 1 is 1.11 bits per heavy atom. The molecule has 0 spiro atoms. The molecule has 0 amide bonds. The molecule has 1 aromatic heterocycles. The molecular weight excluding hydrogens is 370 g/mol. The number of nitrogens with zero attached hydrogens (tertiary/aromatic N) is 2. The van der Waals surface area contributed by atoms with Gasteiger partial charge < -0.3 is 14.6 Å². The number of halogens is 4. The lowest BCUT2D eigenvalue weighted by Gasteiger charge is -2.14. The highest BCUT2D eigenvalue weighted by atomic mass is 19.2. The van der Waals surface area contributed by atoms with E-state index in [0.717, 1.165) is 6.08 Å². The van der Waals surface area contributed by atoms with Gasteiger partial charge in [0.05, 0.1) is 11.3 Å². The van der Waals surface area contributed by atoms with Crippen LogP contribution in [0.5, 0.6) is 0 Å². The monoisotopic (exact) mass is 383 g/mol. The van der Waals surface area contributed by atoms with Gasteiger partial charge in [-0.25, -0.2) is 22.5 Å². The van der Waals surface area contributed by atoms with Gasteiger partial charge in [0.25, 0.3) is 0 Å². The van der Waals surface area contributed by atoms with Gasteiger partial charge in [-0.2, -0.15) is 0 Å². The number of fused-ring (bicyclic) bond motifs is 1. The maximum atomic E-state index is 13.9. The molecule has 1 aromatic carbocycles. The number of rotatable bonds is 5. The van der Waals surface area contributed by atoms with Crippen LogP contribution in [-0.2, 0) is 0 Å². The molecule has 3 rings (SSSR count). The minimum atomic E-state index is -2.05. The van der Waals surface area contributed by atoms with E-state index in [1.165, 1.54) is 0 Å². The Morgan fingerprint density at radius 3 is 2.48 bits per heavy atom. The zero-order valence-electron chi connectivity index (χ0n) is 14.2. The van der Waals surface area contributed by atoms with Crippen LogP contribution in [0, 0.1) is 23.3 Å². The van der Waals surface area contributed by atoms with Gasteiger partial charge >= 0.3 is 0 Å². The lowest BCUT2D eigenvalue weighted by Crippen LogP contribution is -2.31. The molecule has 6 nitrogen and oxygen atoms in total. The van der Waals surface area contributed by atoms with E-state index >= 15 is 0 Å². The standard InChI is InChI=1S/C17H13F4N3O3/c1-24(2)4-3-22-9-6-10(25)16-14(15(9)26)23-17(27-16)7-5-8(18)12(20)13(21)11(7)19/h5-6,22H,3-4H2,1-2H3. The summed E-state index contributed by atoms with van der Waals surface area (Å²) in [4.78, 5) is 30.1. The van der Waals surface area contributed by atoms with E-state index in [2.05, 4.69) is 10.3 Å². The van der Waals surface area contributed by atoms with Gasteiger partial charge in [-0.15, -0.1) is 0 Å². The van der Waals surface area contributed by atoms with Crippen molar-refractivity contribution in [2.24, 2.45) is 0 Å². The Hall–Kier alpha value is -3.01. The van der Waals surface area contributed by atoms with Crippen LogP contribution in [-0.4, -0.2) is 48.6 Å². The number of hydrogen-bond acceptors (Lipinski definition) is 6. The number of hydrogen-bond donors (Lipinski definition) is 1. The first-order chi connectivity index (χ1) is 12.7. The number of oxazole rings is 1. The summed E-state index contributed by atoms with van der Waals surface area (Å²) < 4.78 is 58.9. The molecule has 10 heteroatoms. The van der Waals surface area contributed by atoms with Crippen molar-refractivity contribution in [3.8, 4) is 11.5 Å². The van der Waals surface area contributed by atoms with Gasteiger partial charge in [0.1, 0.15) is 0 Å². The van der Waals surface area contributed by atoms with Crippen molar-refractivity contribution >= 4 is 11.6 Å². The summed E-state index contributed by atoms with van der Waals surface area (Å²) in [5, 5.41) is 2.78. The van der Waals surface area contributed by atoms with Crippen molar-refractivity contribution in [3.05, 3.63) is 52.6 Å². The van der Waals surface area contributed by atoms with Gasteiger partial charge in [-0.1, -0.05) is 0 Å². The third-order valence-corrected chi connectivity index (χ3v) is 3.79. The van der Waals surface area contributed by atoms with Crippen molar-refractivity contribution in [1.29, 1.82) is 0 Å². The van der Waals surface area contributed by atoms with E-state index in [1.54, 1.807) is 0 Å². The maximum absolute atomic E-state index is 13.9. The molecule has 1 heterocycles. The van der Waals surface area contributed by atoms with Gasteiger partial charge in [0.15, 0.2) is 29.0 Å². The predicted molar refractivity (Wildman–Crippen MR) is 85.1 cm³/mol. The Kier molecular flexibility index (Phi) is 4.83. The van der Waals surface area contributed by atoms with Crippen molar-refractivity contribution in [2.45, 2.75) is 0 Å². The molecule has 1 aliphatic carbocycles. The molecule has 0 radical (unpaired) electrons. The zero-order valence-corrected chi connectivity index (χ0v) is 14.2. The molecule has 0 unspecified atom stereocenters. The van der Waals surface area contributed by atoms with E-state index in [-0.39, 0.29) is 5.70 Å². The molecule has 0 atom stereocenters. The van der Waals surface area contributed by atoms with Crippen LogP contribution in [0.1, 0.15) is 21.0 Å². The Balaban J connectivity index is 1.96. The number of allylic oxidation sites excluding steroid dienone is 2. The molecule has 1 N–H and O–H groups in total. The highest BCUT2D eigenvalue weighted by Gasteiger charge is 2.33. The quantitative estimate of drug-likeness (QED) is 0.485. The van der Waals surface area contributed by atoms with Crippen LogP contribution in [0.15, 0.2) is 22.3 Å². The fourth-order valence-corrected chi connectivity index (χ4v) is 2.42. The summed E-state index contributed by atoms with van der Waals surface area (Å²) in [5.41, 5.74) is -1.30. The second-order valence-corrected chi connectivity index (χ2v) is 6.03. The molecule has 0 saturated carbocycles. The lowest BCUT2D eigenvalue weighted by atomic mass is 10.0. The zero-order chi connectivity index (χ0) is 19.9. The first kappa shape index (κ1) is 18.8. The summed E-state index contributed by atoms with van der Waals surface area (Å²) in [6, 6.07) is 0.337. The molecule has 2 aromatic rings. The number of benzene rings is 1. The average molecular weight is 383 g/mol. The molecule has 0 saturated heterocycles. The molecule has 1 aliphatic rings. The van der Waals surface area contributed by atoms with Crippen molar-refractivity contribution in [1.82, 2.24) is 15.2 Å². The fraction of sp³-hybridized carbons (Fsp3) is 0.235. The summed E-state index contributed by atoms with van der Waals surface area (Å²) in [6.07, 6.45) is 0.997. The average Bonchev–Trinajstić information content (AvgIpc) is 3.06. The first-order valence-electron chi connectivity index (χ1n) is 7.74. The number of nitrogens with one attached hydrogen (secondary N) is 1. The van der Waals surface area contributed by atoms with Crippen molar-refractivity contribution in [2.75, 3.05) is 27.2 Å². The van der Waals surface area contributed by atoms with Crippen LogP contribution in [0.2, 0.25) is 0 Å². The number of likely N-dealkylation sites (N-methyl/N-ethyl adjacent to an activating group) is 1. The third kappa shape index (κ3) is 3.35. The van der Waals surface area contributed by atoms with Crippen molar-refractivity contribution < 1.29 is 31.6 Å². The number of Topliss-reactive ketones (excluding diaryl/α,β-unsaturated/α-hetero) is 1. The van der Waals surface area contributed by atoms with Crippen LogP contribution < -0.4 is 5.32 Å². The van der Waals surface area contributed by atoms with Gasteiger partial charge in [-0.05, 0) is 20.2 Å². The highest BCUT2D eigenvalue weighted by molar-refractivity contribution is 6.22. The number of carbonyl (C=O) groups is 2. The van der Waals surface area contributed by atoms with Crippen LogP contribution in [0.25, 0.3) is 11.5 Å². The van der Waals surface area contributed by atoms with Gasteiger partial charge in [0, 0.05) is 19.2 Å². The molecule has 0 aliphatic heterocycles. The topological polar surface area (TPSA) is 75.4 Å². The van der Waals surface area contributed by atoms with Crippen LogP contribution in [0.4, 0.5) is 17.6 Å². The molecule has 142 valence electrons. The fourth-order valence-electron chi connectivity index (χ4n) is 2.42. The van der Waals surface area contributed by atoms with E-state index < -0.39 is 57.7 Å². The lowest BCUT2D eigenvalue weighted by molar-refractivity contribution is 0.0960. The Labute approximate surface area is 150 Å². The summed E-state index contributed by atoms with van der Waals surface area (Å²) in [6.45, 7) is 0.940. The van der Waals surface area contributed by atoms with Gasteiger partial charge in [0.2, 0.25) is 23.2 Å². The second-order valence-electron chi connectivity index (χ2n) is 6.03. The molecular formula is C17H13F4N3O3. The highest BCUT2D eigenvalue weighted by Crippen LogP contribution is 2.31. The molecule has 0 bridgehead atoms. The maximum Gasteiger partial charge on any atom is 0.231 e. The number of aromatic nitrogens is 1. The molecule has 0 fully saturated rings. The summed E-state index contributed by atoms with van der Waals surface area (Å²) in [5.74, 6) is -10.1. The van der Waals surface area contributed by atoms with E-state index in [0.29, 0.717) is 19.2 Å². The summed E-state index contributed by atoms with van der Waals surface area (Å²) >= 11 is 0. The third-order valence-electron chi connectivity index (χ3n) is 3.79. The Bertz CT molecular complexity index is 982. The first-order valence-corrected chi connectivity index (χ1v) is 7.74. The summed E-state index contributed by atoms with van der Waals surface area (Å²) in [7, 11) is 3.64. The number of carbonyl (C=O) groups excluding carboxylic acids is 2. The van der Waals surface area contributed by atoms with Crippen LogP contribution in [0.3, 0.4) is 0 Å². The van der Waals surface area contributed by atoms with E-state index in [9.17, 15) is 27.2 Å². The SMILES string of the molecule is CN(C)CCNC1=CC(=O)c2oc(-c3cc(F)c(F)c(F)c3F)nc2C1=O. The Morgan fingerprint density at radius 2 is 1.81 bits per heavy atom. The second kappa shape index (κ2) is 6.95. The van der Waals surface area contributed by atoms with Gasteiger partial charge in [-0.3, -0.25) is 9.59 Å². The minimum Gasteiger partial charge on any atom is -0.432 e. The van der Waals surface area contributed by atoms with Crippen molar-refractivity contribution in [3.63, 3.8) is 0 Å². The number of ketones is 2. The largest absolute Gasteiger partial charge is 0.432 e. The predicted octanol–water partition coefficient (Wildman–Crippen LogP) is 2.31.